The number of aryl methyl sites for hydroxylation is 5. The van der Waals surface area contributed by atoms with Crippen molar-refractivity contribution in [2.45, 2.75) is 82.8 Å². The smallest absolute Gasteiger partial charge is 0.293 e. The number of rotatable bonds is 15. The second kappa shape index (κ2) is 18.5. The summed E-state index contributed by atoms with van der Waals surface area (Å²) in [7, 11) is 0. The van der Waals surface area contributed by atoms with E-state index in [0.717, 1.165) is 106 Å². The van der Waals surface area contributed by atoms with Crippen molar-refractivity contribution in [3.63, 3.8) is 0 Å². The summed E-state index contributed by atoms with van der Waals surface area (Å²) in [5.41, 5.74) is 16.4. The average Bonchev–Trinajstić information content (AvgIpc) is 3.57. The number of anilines is 2. The summed E-state index contributed by atoms with van der Waals surface area (Å²) in [4.78, 5) is 42.9. The maximum Gasteiger partial charge on any atom is 0.293 e. The van der Waals surface area contributed by atoms with E-state index in [0.29, 0.717) is 50.5 Å². The predicted octanol–water partition coefficient (Wildman–Crippen LogP) is 6.04. The number of nitrogens with two attached hydrogens (primary N) is 1. The standard InChI is InChI=1S/C23H23NO4.C22H23N5O3/c1-2-9-23(14-24)21-7-3-17(12-27-15-25)10-19(21)5-6-20-11-18(13-28-16-26)4-8-22(20)23;1-14-26-27-21(30-14)22(8-9-23)19-6-4-17(24-12-28)10-15(19)2-3-16-11-18(25-13-29)5-7-20(16)22/h3-4,7-8,10-11,15-16H,2,5-6,9,12-13H2,1H3;4-7,10-13H,2-3,8-9,23H2,1H3,(H,24,28)(H,25,29). The van der Waals surface area contributed by atoms with Gasteiger partial charge in [0.25, 0.3) is 12.9 Å². The Morgan fingerprint density at radius 1 is 0.724 bits per heavy atom. The molecule has 0 radical (unpaired) electrons. The molecule has 0 fully saturated rings. The van der Waals surface area contributed by atoms with Crippen LogP contribution in [0.4, 0.5) is 11.4 Å². The molecule has 2 aliphatic rings. The van der Waals surface area contributed by atoms with Gasteiger partial charge in [-0.2, -0.15) is 5.26 Å². The van der Waals surface area contributed by atoms with Gasteiger partial charge in [-0.25, -0.2) is 0 Å². The second-order valence-corrected chi connectivity index (χ2v) is 14.4. The highest BCUT2D eigenvalue weighted by Gasteiger charge is 2.45. The molecule has 2 aliphatic carbocycles. The van der Waals surface area contributed by atoms with Crippen LogP contribution in [0.5, 0.6) is 0 Å². The highest BCUT2D eigenvalue weighted by molar-refractivity contribution is 5.74. The number of carbonyl (C=O) groups is 4. The Labute approximate surface area is 336 Å². The highest BCUT2D eigenvalue weighted by atomic mass is 16.5. The predicted molar refractivity (Wildman–Crippen MR) is 216 cm³/mol. The first-order valence-electron chi connectivity index (χ1n) is 19.2. The van der Waals surface area contributed by atoms with E-state index in [4.69, 9.17) is 19.6 Å². The number of ether oxygens (including phenoxy) is 2. The largest absolute Gasteiger partial charge is 0.463 e. The fourth-order valence-corrected chi connectivity index (χ4v) is 8.67. The number of fused-ring (bicyclic) bond motifs is 4. The first-order valence-corrected chi connectivity index (χ1v) is 19.2. The summed E-state index contributed by atoms with van der Waals surface area (Å²) in [5, 5.41) is 24.3. The van der Waals surface area contributed by atoms with Crippen LogP contribution in [0.1, 0.15) is 93.6 Å². The van der Waals surface area contributed by atoms with Crippen molar-refractivity contribution in [1.82, 2.24) is 10.2 Å². The van der Waals surface area contributed by atoms with Crippen LogP contribution in [-0.4, -0.2) is 42.5 Å². The van der Waals surface area contributed by atoms with Crippen molar-refractivity contribution in [2.75, 3.05) is 17.2 Å². The van der Waals surface area contributed by atoms with E-state index in [2.05, 4.69) is 33.8 Å². The summed E-state index contributed by atoms with van der Waals surface area (Å²) >= 11 is 0. The summed E-state index contributed by atoms with van der Waals surface area (Å²) in [6.07, 6.45) is 6.58. The van der Waals surface area contributed by atoms with Gasteiger partial charge in [-0.1, -0.05) is 61.9 Å². The molecule has 13 nitrogen and oxygen atoms in total. The number of aromatic nitrogens is 2. The van der Waals surface area contributed by atoms with Crippen LogP contribution in [-0.2, 0) is 78.4 Å². The Morgan fingerprint density at radius 2 is 1.21 bits per heavy atom. The van der Waals surface area contributed by atoms with E-state index in [1.54, 1.807) is 6.92 Å². The summed E-state index contributed by atoms with van der Waals surface area (Å²) in [6, 6.07) is 26.3. The van der Waals surface area contributed by atoms with Crippen LogP contribution in [0.3, 0.4) is 0 Å². The van der Waals surface area contributed by atoms with Gasteiger partial charge in [0.05, 0.1) is 6.07 Å². The Balaban J connectivity index is 0.000000196. The summed E-state index contributed by atoms with van der Waals surface area (Å²) in [6.45, 7) is 5.60. The number of amides is 2. The van der Waals surface area contributed by atoms with Gasteiger partial charge in [-0.15, -0.1) is 10.2 Å². The summed E-state index contributed by atoms with van der Waals surface area (Å²) < 4.78 is 15.8. The third kappa shape index (κ3) is 8.10. The fraction of sp³-hybridized carbons (Fsp3) is 0.311. The van der Waals surface area contributed by atoms with E-state index in [9.17, 15) is 24.4 Å². The number of nitriles is 1. The first kappa shape index (κ1) is 41.0. The molecule has 0 saturated heterocycles. The topological polar surface area (TPSA) is 200 Å². The molecule has 13 heteroatoms. The van der Waals surface area contributed by atoms with Gasteiger partial charge in [-0.3, -0.25) is 19.2 Å². The maximum absolute atomic E-state index is 10.9. The third-order valence-corrected chi connectivity index (χ3v) is 11.0. The van der Waals surface area contributed by atoms with Crippen molar-refractivity contribution < 1.29 is 33.1 Å². The number of hydrogen-bond donors (Lipinski definition) is 3. The van der Waals surface area contributed by atoms with Crippen LogP contribution in [0.15, 0.2) is 77.2 Å². The molecule has 4 aromatic carbocycles. The van der Waals surface area contributed by atoms with E-state index >= 15 is 0 Å². The van der Waals surface area contributed by atoms with Crippen molar-refractivity contribution in [3.05, 3.63) is 140 Å². The van der Waals surface area contributed by atoms with Crippen LogP contribution in [0.2, 0.25) is 0 Å². The molecule has 0 spiro atoms. The minimum atomic E-state index is -0.726. The van der Waals surface area contributed by atoms with Gasteiger partial charge in [0, 0.05) is 18.3 Å². The lowest BCUT2D eigenvalue weighted by Crippen LogP contribution is -2.34. The Morgan fingerprint density at radius 3 is 1.60 bits per heavy atom. The van der Waals surface area contributed by atoms with Gasteiger partial charge in [0.15, 0.2) is 0 Å². The molecular weight excluding hydrogens is 737 g/mol. The second-order valence-electron chi connectivity index (χ2n) is 14.4. The number of nitrogens with one attached hydrogen (secondary N) is 2. The number of hydrogen-bond acceptors (Lipinski definition) is 11. The third-order valence-electron chi connectivity index (χ3n) is 11.0. The molecule has 0 atom stereocenters. The molecule has 4 N–H and O–H groups in total. The molecule has 298 valence electrons. The maximum atomic E-state index is 10.9. The SMILES string of the molecule is CCCC1(C#N)c2ccc(COC=O)cc2CCc2cc(COC=O)ccc21.Cc1nnc(C2(CCN)c3ccc(NC=O)cc3CCc3cc(NC=O)ccc32)o1. The molecule has 0 unspecified atom stereocenters. The van der Waals surface area contributed by atoms with Crippen LogP contribution in [0, 0.1) is 18.3 Å². The molecule has 5 aromatic rings. The van der Waals surface area contributed by atoms with Crippen LogP contribution in [0.25, 0.3) is 0 Å². The molecular formula is C45H46N6O7. The average molecular weight is 783 g/mol. The van der Waals surface area contributed by atoms with Gasteiger partial charge in [0.1, 0.15) is 24.0 Å². The Kier molecular flexibility index (Phi) is 13.1. The summed E-state index contributed by atoms with van der Waals surface area (Å²) in [5.74, 6) is 0.967. The van der Waals surface area contributed by atoms with Crippen molar-refractivity contribution in [1.29, 1.82) is 5.26 Å². The van der Waals surface area contributed by atoms with E-state index in [1.807, 2.05) is 72.8 Å². The van der Waals surface area contributed by atoms with Gasteiger partial charge >= 0.3 is 0 Å². The van der Waals surface area contributed by atoms with Crippen molar-refractivity contribution in [2.24, 2.45) is 5.73 Å². The molecule has 0 saturated carbocycles. The van der Waals surface area contributed by atoms with E-state index in [1.165, 1.54) is 0 Å². The molecule has 0 aliphatic heterocycles. The lowest BCUT2D eigenvalue weighted by Gasteiger charge is -2.33. The Hall–Kier alpha value is -6.65. The van der Waals surface area contributed by atoms with Gasteiger partial charge in [0.2, 0.25) is 24.6 Å². The van der Waals surface area contributed by atoms with Gasteiger partial charge in [-0.05, 0) is 125 Å². The number of carbonyl (C=O) groups excluding carboxylic acids is 4. The molecule has 0 bridgehead atoms. The zero-order valence-corrected chi connectivity index (χ0v) is 32.6. The van der Waals surface area contributed by atoms with Crippen LogP contribution >= 0.6 is 0 Å². The Bertz CT molecular complexity index is 2210. The highest BCUT2D eigenvalue weighted by Crippen LogP contribution is 2.48. The molecule has 2 amide bonds. The fourth-order valence-electron chi connectivity index (χ4n) is 8.67. The normalized spacial score (nSPS) is 14.1. The minimum Gasteiger partial charge on any atom is -0.463 e. The molecule has 7 rings (SSSR count). The lowest BCUT2D eigenvalue weighted by molar-refractivity contribution is -0.130. The van der Waals surface area contributed by atoms with E-state index < -0.39 is 10.8 Å². The zero-order valence-electron chi connectivity index (χ0n) is 32.6. The molecule has 1 heterocycles. The first-order chi connectivity index (χ1) is 28.3. The lowest BCUT2D eigenvalue weighted by atomic mass is 9.70. The van der Waals surface area contributed by atoms with Crippen molar-refractivity contribution in [3.8, 4) is 6.07 Å². The van der Waals surface area contributed by atoms with E-state index in [-0.39, 0.29) is 13.2 Å². The van der Waals surface area contributed by atoms with Crippen LogP contribution < -0.4 is 16.4 Å². The number of nitrogens with zero attached hydrogens (tertiary/aromatic N) is 3. The van der Waals surface area contributed by atoms with Gasteiger partial charge < -0.3 is 30.3 Å². The monoisotopic (exact) mass is 782 g/mol. The quantitative estimate of drug-likeness (QED) is 0.105. The molecule has 1 aromatic heterocycles. The van der Waals surface area contributed by atoms with Crippen molar-refractivity contribution >= 4 is 37.1 Å². The number of benzene rings is 4. The molecule has 58 heavy (non-hydrogen) atoms. The minimum absolute atomic E-state index is 0.226. The zero-order chi connectivity index (χ0) is 41.1.